The second-order valence-electron chi connectivity index (χ2n) is 8.24. The summed E-state index contributed by atoms with van der Waals surface area (Å²) < 4.78 is 16.8. The number of ether oxygens (including phenoxy) is 2. The van der Waals surface area contributed by atoms with Crippen molar-refractivity contribution in [2.24, 2.45) is 0 Å². The van der Waals surface area contributed by atoms with Gasteiger partial charge >= 0.3 is 0 Å². The summed E-state index contributed by atoms with van der Waals surface area (Å²) >= 11 is 0. The number of hydrogen-bond donors (Lipinski definition) is 1. The van der Waals surface area contributed by atoms with Gasteiger partial charge in [-0.2, -0.15) is 0 Å². The van der Waals surface area contributed by atoms with Gasteiger partial charge in [0.2, 0.25) is 0 Å². The number of fused-ring (bicyclic) bond motifs is 1. The predicted octanol–water partition coefficient (Wildman–Crippen LogP) is 3.84. The van der Waals surface area contributed by atoms with Crippen LogP contribution in [0.4, 0.5) is 0 Å². The van der Waals surface area contributed by atoms with Gasteiger partial charge < -0.3 is 23.9 Å². The summed E-state index contributed by atoms with van der Waals surface area (Å²) in [5.41, 5.74) is 1.48. The minimum Gasteiger partial charge on any atom is -0.507 e. The highest BCUT2D eigenvalue weighted by atomic mass is 16.5. The van der Waals surface area contributed by atoms with Crippen molar-refractivity contribution in [3.63, 3.8) is 0 Å². The van der Waals surface area contributed by atoms with Crippen LogP contribution >= 0.6 is 0 Å². The summed E-state index contributed by atoms with van der Waals surface area (Å²) in [4.78, 5) is 27.3. The van der Waals surface area contributed by atoms with Crippen molar-refractivity contribution < 1.29 is 28.6 Å². The molecule has 4 rings (SSSR count). The molecule has 0 bridgehead atoms. The van der Waals surface area contributed by atoms with Crippen LogP contribution in [0.1, 0.15) is 50.1 Å². The number of carbonyl (C=O) groups excluding carboxylic acids is 2. The molecule has 7 heteroatoms. The summed E-state index contributed by atoms with van der Waals surface area (Å²) in [5.74, 6) is -0.358. The zero-order valence-electron chi connectivity index (χ0n) is 18.0. The number of likely N-dealkylation sites (tertiary alicyclic amines) is 1. The molecule has 0 radical (unpaired) electrons. The Morgan fingerprint density at radius 2 is 2.10 bits per heavy atom. The highest BCUT2D eigenvalue weighted by Crippen LogP contribution is 2.40. The molecule has 1 N–H and O–H groups in total. The fraction of sp³-hybridized carbons (Fsp3) is 0.417. The van der Waals surface area contributed by atoms with Gasteiger partial charge in [-0.15, -0.1) is 0 Å². The van der Waals surface area contributed by atoms with Gasteiger partial charge in [-0.25, -0.2) is 0 Å². The van der Waals surface area contributed by atoms with Crippen LogP contribution in [-0.4, -0.2) is 47.1 Å². The van der Waals surface area contributed by atoms with Gasteiger partial charge in [-0.3, -0.25) is 9.59 Å². The number of ketones is 1. The Morgan fingerprint density at radius 1 is 1.29 bits per heavy atom. The first kappa shape index (κ1) is 21.2. The average Bonchev–Trinajstić information content (AvgIpc) is 3.43. The topological polar surface area (TPSA) is 89.2 Å². The molecule has 164 valence electrons. The number of aliphatic hydroxyl groups is 1. The molecule has 3 heterocycles. The van der Waals surface area contributed by atoms with Crippen molar-refractivity contribution >= 4 is 17.4 Å². The predicted molar refractivity (Wildman–Crippen MR) is 114 cm³/mol. The summed E-state index contributed by atoms with van der Waals surface area (Å²) in [6, 6.07) is 7.93. The highest BCUT2D eigenvalue weighted by Gasteiger charge is 2.47. The van der Waals surface area contributed by atoms with Crippen molar-refractivity contribution in [1.29, 1.82) is 0 Å². The summed E-state index contributed by atoms with van der Waals surface area (Å²) in [7, 11) is 0. The quantitative estimate of drug-likeness (QED) is 0.314. The van der Waals surface area contributed by atoms with Crippen LogP contribution in [-0.2, 0) is 20.7 Å². The first-order chi connectivity index (χ1) is 14.9. The molecular weight excluding hydrogens is 398 g/mol. The van der Waals surface area contributed by atoms with Crippen molar-refractivity contribution in [3.8, 4) is 5.75 Å². The van der Waals surface area contributed by atoms with Crippen molar-refractivity contribution in [2.45, 2.75) is 51.9 Å². The van der Waals surface area contributed by atoms with Gasteiger partial charge in [0.15, 0.2) is 0 Å². The van der Waals surface area contributed by atoms with Crippen molar-refractivity contribution in [2.75, 3.05) is 13.2 Å². The van der Waals surface area contributed by atoms with Crippen molar-refractivity contribution in [1.82, 2.24) is 4.90 Å². The molecule has 2 aromatic rings. The van der Waals surface area contributed by atoms with E-state index >= 15 is 0 Å². The second-order valence-corrected chi connectivity index (χ2v) is 8.24. The Labute approximate surface area is 181 Å². The van der Waals surface area contributed by atoms with E-state index in [1.807, 2.05) is 26.8 Å². The number of furan rings is 1. The third-order valence-electron chi connectivity index (χ3n) is 5.52. The van der Waals surface area contributed by atoms with Crippen LogP contribution < -0.4 is 4.74 Å². The summed E-state index contributed by atoms with van der Waals surface area (Å²) in [5, 5.41) is 11.1. The number of amides is 1. The van der Waals surface area contributed by atoms with Crippen LogP contribution in [0.3, 0.4) is 0 Å². The molecule has 2 atom stereocenters. The Morgan fingerprint density at radius 3 is 2.81 bits per heavy atom. The first-order valence-corrected chi connectivity index (χ1v) is 10.6. The zero-order valence-corrected chi connectivity index (χ0v) is 18.0. The van der Waals surface area contributed by atoms with Crippen LogP contribution in [0.2, 0.25) is 0 Å². The van der Waals surface area contributed by atoms with E-state index in [0.29, 0.717) is 30.9 Å². The summed E-state index contributed by atoms with van der Waals surface area (Å²) in [6.45, 7) is 6.64. The molecule has 1 saturated heterocycles. The molecular formula is C24H27NO6. The zero-order chi connectivity index (χ0) is 22.1. The smallest absolute Gasteiger partial charge is 0.295 e. The number of Topliss-reactive ketones (excluding diaryl/α,β-unsaturated/α-hetero) is 1. The van der Waals surface area contributed by atoms with Crippen LogP contribution in [0.15, 0.2) is 46.6 Å². The van der Waals surface area contributed by atoms with Gasteiger partial charge in [0.1, 0.15) is 29.4 Å². The number of carbonyl (C=O) groups is 2. The minimum atomic E-state index is -0.780. The molecule has 1 fully saturated rings. The largest absolute Gasteiger partial charge is 0.507 e. The number of benzene rings is 1. The van der Waals surface area contributed by atoms with Crippen LogP contribution in [0, 0.1) is 0 Å². The molecule has 1 amide bonds. The number of rotatable bonds is 7. The van der Waals surface area contributed by atoms with Crippen molar-refractivity contribution in [3.05, 3.63) is 59.1 Å². The number of hydrogen-bond acceptors (Lipinski definition) is 6. The van der Waals surface area contributed by atoms with E-state index in [-0.39, 0.29) is 23.5 Å². The Bertz CT molecular complexity index is 1010. The Balaban J connectivity index is 1.69. The number of aliphatic hydroxyl groups excluding tert-OH is 1. The van der Waals surface area contributed by atoms with E-state index in [0.717, 1.165) is 17.7 Å². The Hall–Kier alpha value is -3.06. The van der Waals surface area contributed by atoms with E-state index in [2.05, 4.69) is 0 Å². The number of nitrogens with zero attached hydrogens (tertiary/aromatic N) is 1. The average molecular weight is 425 g/mol. The lowest BCUT2D eigenvalue weighted by molar-refractivity contribution is -0.140. The van der Waals surface area contributed by atoms with Gasteiger partial charge in [0, 0.05) is 25.1 Å². The first-order valence-electron chi connectivity index (χ1n) is 10.6. The molecule has 1 aromatic heterocycles. The molecule has 0 saturated carbocycles. The third kappa shape index (κ3) is 4.10. The monoisotopic (exact) mass is 425 g/mol. The van der Waals surface area contributed by atoms with Gasteiger partial charge in [0.05, 0.1) is 17.9 Å². The maximum absolute atomic E-state index is 13.0. The van der Waals surface area contributed by atoms with Gasteiger partial charge in [-0.1, -0.05) is 0 Å². The standard InChI is InChI=1S/C24H27NO6/c1-14(2)29-11-5-9-25-21(19-6-4-10-30-19)20(23(27)24(25)28)22(26)16-7-8-18-17(13-16)12-15(3)31-18/h4,6-8,10,13-15,21,26H,5,9,11-12H2,1-3H3/b22-20-. The lowest BCUT2D eigenvalue weighted by atomic mass is 9.97. The molecule has 1 aromatic carbocycles. The normalized spacial score (nSPS) is 22.3. The van der Waals surface area contributed by atoms with Gasteiger partial charge in [0.25, 0.3) is 11.7 Å². The molecule has 2 aliphatic heterocycles. The minimum absolute atomic E-state index is 0.0386. The van der Waals surface area contributed by atoms with E-state index in [1.54, 1.807) is 24.3 Å². The van der Waals surface area contributed by atoms with E-state index in [4.69, 9.17) is 13.9 Å². The third-order valence-corrected chi connectivity index (χ3v) is 5.52. The molecule has 2 unspecified atom stereocenters. The molecule has 0 spiro atoms. The maximum atomic E-state index is 13.0. The second kappa shape index (κ2) is 8.59. The lowest BCUT2D eigenvalue weighted by Crippen LogP contribution is -2.31. The molecule has 2 aliphatic rings. The van der Waals surface area contributed by atoms with E-state index in [1.165, 1.54) is 11.2 Å². The van der Waals surface area contributed by atoms with Crippen LogP contribution in [0.5, 0.6) is 5.75 Å². The fourth-order valence-corrected chi connectivity index (χ4v) is 4.13. The van der Waals surface area contributed by atoms with E-state index < -0.39 is 17.7 Å². The fourth-order valence-electron chi connectivity index (χ4n) is 4.13. The van der Waals surface area contributed by atoms with Gasteiger partial charge in [-0.05, 0) is 63.1 Å². The maximum Gasteiger partial charge on any atom is 0.295 e. The summed E-state index contributed by atoms with van der Waals surface area (Å²) in [6.07, 6.45) is 2.93. The Kier molecular flexibility index (Phi) is 5.87. The lowest BCUT2D eigenvalue weighted by Gasteiger charge is -2.23. The van der Waals surface area contributed by atoms with Crippen LogP contribution in [0.25, 0.3) is 5.76 Å². The molecule has 7 nitrogen and oxygen atoms in total. The molecule has 0 aliphatic carbocycles. The highest BCUT2D eigenvalue weighted by molar-refractivity contribution is 6.46. The van der Waals surface area contributed by atoms with E-state index in [9.17, 15) is 14.7 Å². The SMILES string of the molecule is CC(C)OCCCN1C(=O)C(=O)/C(=C(\O)c2ccc3c(c2)CC(C)O3)C1c1ccco1. The molecule has 31 heavy (non-hydrogen) atoms.